The SMILES string of the molecule is CN1CC2CCC(C1)[N+]2(C)C(C)(C)C. The van der Waals surface area contributed by atoms with Gasteiger partial charge < -0.3 is 4.48 Å². The van der Waals surface area contributed by atoms with Gasteiger partial charge in [-0.05, 0) is 27.8 Å². The summed E-state index contributed by atoms with van der Waals surface area (Å²) in [6.45, 7) is 9.81. The van der Waals surface area contributed by atoms with E-state index in [0.29, 0.717) is 5.54 Å². The highest BCUT2D eigenvalue weighted by atomic mass is 15.5. The Kier molecular flexibility index (Phi) is 2.20. The molecule has 0 aliphatic carbocycles. The molecular formula is C12H25N2+. The molecule has 0 saturated carbocycles. The van der Waals surface area contributed by atoms with E-state index in [4.69, 9.17) is 0 Å². The highest BCUT2D eigenvalue weighted by Gasteiger charge is 2.55. The van der Waals surface area contributed by atoms with Gasteiger partial charge in [-0.1, -0.05) is 0 Å². The van der Waals surface area contributed by atoms with Crippen molar-refractivity contribution >= 4 is 0 Å². The van der Waals surface area contributed by atoms with Crippen LogP contribution in [-0.2, 0) is 0 Å². The summed E-state index contributed by atoms with van der Waals surface area (Å²) in [6.07, 6.45) is 2.87. The van der Waals surface area contributed by atoms with Crippen molar-refractivity contribution in [1.82, 2.24) is 4.90 Å². The van der Waals surface area contributed by atoms with Crippen molar-refractivity contribution in [3.63, 3.8) is 0 Å². The van der Waals surface area contributed by atoms with Crippen LogP contribution in [-0.4, -0.2) is 54.2 Å². The number of nitrogens with zero attached hydrogens (tertiary/aromatic N) is 2. The molecule has 2 heteroatoms. The first-order chi connectivity index (χ1) is 6.35. The van der Waals surface area contributed by atoms with Crippen molar-refractivity contribution < 1.29 is 4.48 Å². The van der Waals surface area contributed by atoms with Gasteiger partial charge in [0, 0.05) is 12.8 Å². The Bertz CT molecular complexity index is 215. The molecule has 2 aliphatic heterocycles. The molecule has 0 radical (unpaired) electrons. The molecule has 0 spiro atoms. The lowest BCUT2D eigenvalue weighted by Crippen LogP contribution is -2.70. The largest absolute Gasteiger partial charge is 0.315 e. The Morgan fingerprint density at radius 2 is 1.50 bits per heavy atom. The summed E-state index contributed by atoms with van der Waals surface area (Å²) in [5, 5.41) is 0. The van der Waals surface area contributed by atoms with Crippen LogP contribution in [0, 0.1) is 0 Å². The van der Waals surface area contributed by atoms with Crippen LogP contribution in [0.25, 0.3) is 0 Å². The normalized spacial score (nSPS) is 44.4. The molecule has 0 N–H and O–H groups in total. The van der Waals surface area contributed by atoms with Gasteiger partial charge in [-0.25, -0.2) is 0 Å². The Morgan fingerprint density at radius 1 is 1.07 bits per heavy atom. The molecule has 2 rings (SSSR count). The number of quaternary nitrogens is 1. The predicted octanol–water partition coefficient (Wildman–Crippen LogP) is 1.71. The minimum absolute atomic E-state index is 0.410. The van der Waals surface area contributed by atoms with E-state index in [1.54, 1.807) is 0 Å². The second-order valence-corrected chi connectivity index (χ2v) is 6.42. The van der Waals surface area contributed by atoms with Crippen LogP contribution in [0.5, 0.6) is 0 Å². The molecule has 2 fully saturated rings. The molecule has 2 unspecified atom stereocenters. The maximum atomic E-state index is 2.52. The van der Waals surface area contributed by atoms with Gasteiger partial charge in [0.05, 0.1) is 25.7 Å². The molecule has 2 nitrogen and oxygen atoms in total. The second kappa shape index (κ2) is 2.96. The summed E-state index contributed by atoms with van der Waals surface area (Å²) in [5.74, 6) is 0. The van der Waals surface area contributed by atoms with E-state index in [9.17, 15) is 0 Å². The van der Waals surface area contributed by atoms with Crippen LogP contribution in [0.15, 0.2) is 0 Å². The molecule has 0 aromatic rings. The summed E-state index contributed by atoms with van der Waals surface area (Å²) in [4.78, 5) is 2.52. The summed E-state index contributed by atoms with van der Waals surface area (Å²) >= 11 is 0. The highest BCUT2D eigenvalue weighted by Crippen LogP contribution is 2.42. The number of likely N-dealkylation sites (tertiary alicyclic amines) is 1. The number of fused-ring (bicyclic) bond motifs is 2. The van der Waals surface area contributed by atoms with Gasteiger partial charge in [0.2, 0.25) is 0 Å². The number of hydrogen-bond donors (Lipinski definition) is 0. The van der Waals surface area contributed by atoms with Gasteiger partial charge in [-0.2, -0.15) is 0 Å². The van der Waals surface area contributed by atoms with Gasteiger partial charge in [0.15, 0.2) is 0 Å². The van der Waals surface area contributed by atoms with E-state index in [1.165, 1.54) is 30.4 Å². The monoisotopic (exact) mass is 197 g/mol. The minimum Gasteiger partial charge on any atom is -0.315 e. The maximum Gasteiger partial charge on any atom is 0.103 e. The Labute approximate surface area is 88.5 Å². The van der Waals surface area contributed by atoms with Crippen LogP contribution in [0.1, 0.15) is 33.6 Å². The van der Waals surface area contributed by atoms with E-state index in [1.807, 2.05) is 0 Å². The molecule has 2 atom stereocenters. The standard InChI is InChI=1S/C12H25N2/c1-12(2,3)14(5)10-6-7-11(14)9-13(4)8-10/h10-11H,6-9H2,1-5H3/q+1. The van der Waals surface area contributed by atoms with Crippen molar-refractivity contribution in [1.29, 1.82) is 0 Å². The third-order valence-electron chi connectivity index (χ3n) is 4.84. The fraction of sp³-hybridized carbons (Fsp3) is 1.00. The highest BCUT2D eigenvalue weighted by molar-refractivity contribution is 4.88. The molecular weight excluding hydrogens is 172 g/mol. The average Bonchev–Trinajstić information content (AvgIpc) is 2.29. The van der Waals surface area contributed by atoms with Gasteiger partial charge in [-0.3, -0.25) is 4.90 Å². The van der Waals surface area contributed by atoms with Crippen molar-refractivity contribution in [2.45, 2.75) is 51.2 Å². The molecule has 2 aliphatic rings. The van der Waals surface area contributed by atoms with Crippen LogP contribution in [0.4, 0.5) is 0 Å². The zero-order valence-corrected chi connectivity index (χ0v) is 10.4. The number of rotatable bonds is 0. The second-order valence-electron chi connectivity index (χ2n) is 6.42. The van der Waals surface area contributed by atoms with Crippen molar-refractivity contribution in [3.05, 3.63) is 0 Å². The summed E-state index contributed by atoms with van der Waals surface area (Å²) in [7, 11) is 4.76. The Hall–Kier alpha value is -0.0800. The van der Waals surface area contributed by atoms with Crippen LogP contribution < -0.4 is 0 Å². The van der Waals surface area contributed by atoms with Crippen LogP contribution in [0.2, 0.25) is 0 Å². The summed E-state index contributed by atoms with van der Waals surface area (Å²) < 4.78 is 1.30. The topological polar surface area (TPSA) is 3.24 Å². The van der Waals surface area contributed by atoms with E-state index in [0.717, 1.165) is 12.1 Å². The molecule has 2 saturated heterocycles. The quantitative estimate of drug-likeness (QED) is 0.534. The zero-order valence-electron chi connectivity index (χ0n) is 10.4. The lowest BCUT2D eigenvalue weighted by atomic mass is 9.96. The van der Waals surface area contributed by atoms with Gasteiger partial charge in [-0.15, -0.1) is 0 Å². The van der Waals surface area contributed by atoms with Gasteiger partial charge in [0.1, 0.15) is 12.1 Å². The molecule has 0 aromatic carbocycles. The average molecular weight is 197 g/mol. The Balaban J connectivity index is 2.30. The third-order valence-corrected chi connectivity index (χ3v) is 4.84. The lowest BCUT2D eigenvalue weighted by Gasteiger charge is -2.55. The number of piperazine rings is 1. The van der Waals surface area contributed by atoms with E-state index < -0.39 is 0 Å². The van der Waals surface area contributed by atoms with Crippen molar-refractivity contribution in [2.75, 3.05) is 27.2 Å². The fourth-order valence-electron chi connectivity index (χ4n) is 3.63. The van der Waals surface area contributed by atoms with Gasteiger partial charge in [0.25, 0.3) is 0 Å². The first kappa shape index (κ1) is 10.4. The first-order valence-electron chi connectivity index (χ1n) is 5.90. The number of likely N-dealkylation sites (N-methyl/N-ethyl adjacent to an activating group) is 2. The first-order valence-corrected chi connectivity index (χ1v) is 5.90. The Morgan fingerprint density at radius 3 is 1.86 bits per heavy atom. The minimum atomic E-state index is 0.410. The third kappa shape index (κ3) is 1.24. The summed E-state index contributed by atoms with van der Waals surface area (Å²) in [5.41, 5.74) is 0.410. The molecule has 82 valence electrons. The summed E-state index contributed by atoms with van der Waals surface area (Å²) in [6, 6.07) is 1.75. The van der Waals surface area contributed by atoms with E-state index >= 15 is 0 Å². The van der Waals surface area contributed by atoms with Crippen LogP contribution >= 0.6 is 0 Å². The predicted molar refractivity (Wildman–Crippen MR) is 60.2 cm³/mol. The molecule has 0 amide bonds. The van der Waals surface area contributed by atoms with Gasteiger partial charge >= 0.3 is 0 Å². The van der Waals surface area contributed by atoms with Crippen molar-refractivity contribution in [3.8, 4) is 0 Å². The number of hydrogen-bond acceptors (Lipinski definition) is 1. The molecule has 0 aromatic heterocycles. The zero-order chi connectivity index (χ0) is 10.6. The molecule has 14 heavy (non-hydrogen) atoms. The lowest BCUT2D eigenvalue weighted by molar-refractivity contribution is -0.988. The fourth-order valence-corrected chi connectivity index (χ4v) is 3.63. The smallest absolute Gasteiger partial charge is 0.103 e. The van der Waals surface area contributed by atoms with Crippen LogP contribution in [0.3, 0.4) is 0 Å². The van der Waals surface area contributed by atoms with E-state index in [2.05, 4.69) is 39.8 Å². The maximum absolute atomic E-state index is 2.52. The molecule has 2 heterocycles. The van der Waals surface area contributed by atoms with E-state index in [-0.39, 0.29) is 0 Å². The van der Waals surface area contributed by atoms with Crippen molar-refractivity contribution in [2.24, 2.45) is 0 Å². The molecule has 2 bridgehead atoms.